The van der Waals surface area contributed by atoms with Gasteiger partial charge in [0.05, 0.1) is 12.2 Å². The van der Waals surface area contributed by atoms with E-state index >= 15 is 0 Å². The van der Waals surface area contributed by atoms with E-state index in [-0.39, 0.29) is 18.5 Å². The number of rotatable bonds is 2. The van der Waals surface area contributed by atoms with Crippen molar-refractivity contribution in [2.75, 3.05) is 33.0 Å². The van der Waals surface area contributed by atoms with Crippen molar-refractivity contribution in [3.63, 3.8) is 0 Å². The van der Waals surface area contributed by atoms with E-state index in [1.54, 1.807) is 23.1 Å². The van der Waals surface area contributed by atoms with Gasteiger partial charge in [-0.1, -0.05) is 6.07 Å². The molecule has 0 bridgehead atoms. The number of piperidine rings is 1. The molecule has 2 heterocycles. The molecule has 1 fully saturated rings. The molecule has 0 atom stereocenters. The fourth-order valence-electron chi connectivity index (χ4n) is 2.70. The number of alkyl halides is 1. The van der Waals surface area contributed by atoms with Crippen LogP contribution in [0.5, 0.6) is 11.5 Å². The first-order chi connectivity index (χ1) is 9.79. The molecule has 1 aromatic rings. The number of benzene rings is 1. The lowest BCUT2D eigenvalue weighted by Gasteiger charge is -2.31. The zero-order valence-electron chi connectivity index (χ0n) is 11.3. The predicted molar refractivity (Wildman–Crippen MR) is 72.0 cm³/mol. The van der Waals surface area contributed by atoms with Crippen molar-refractivity contribution in [3.05, 3.63) is 23.8 Å². The van der Waals surface area contributed by atoms with E-state index in [1.165, 1.54) is 0 Å². The summed E-state index contributed by atoms with van der Waals surface area (Å²) in [6, 6.07) is 5.37. The number of hydrogen-bond acceptors (Lipinski definition) is 3. The van der Waals surface area contributed by atoms with Crippen LogP contribution in [0.4, 0.5) is 4.39 Å². The second kappa shape index (κ2) is 5.69. The molecular formula is C15H18FNO3. The van der Waals surface area contributed by atoms with Gasteiger partial charge in [0.1, 0.15) is 13.2 Å². The first-order valence-electron chi connectivity index (χ1n) is 7.03. The van der Waals surface area contributed by atoms with Gasteiger partial charge in [0.15, 0.2) is 11.5 Å². The molecule has 0 aromatic heterocycles. The summed E-state index contributed by atoms with van der Waals surface area (Å²) < 4.78 is 23.7. The van der Waals surface area contributed by atoms with Gasteiger partial charge in [0, 0.05) is 13.1 Å². The molecule has 0 saturated carbocycles. The highest BCUT2D eigenvalue weighted by Gasteiger charge is 2.27. The van der Waals surface area contributed by atoms with Crippen molar-refractivity contribution < 1.29 is 18.7 Å². The summed E-state index contributed by atoms with van der Waals surface area (Å²) in [6.45, 7) is 1.89. The van der Waals surface area contributed by atoms with Crippen molar-refractivity contribution >= 4 is 5.91 Å². The Balaban J connectivity index is 1.78. The van der Waals surface area contributed by atoms with Crippen LogP contribution in [0.15, 0.2) is 18.2 Å². The van der Waals surface area contributed by atoms with Crippen molar-refractivity contribution in [3.8, 4) is 11.5 Å². The molecule has 1 amide bonds. The van der Waals surface area contributed by atoms with Crippen molar-refractivity contribution in [2.24, 2.45) is 5.92 Å². The SMILES string of the molecule is O=C(c1cccc2c1OCCO2)N1CCC(CF)CC1. The molecule has 0 spiro atoms. The maximum absolute atomic E-state index is 12.6. The normalized spacial score (nSPS) is 18.9. The van der Waals surface area contributed by atoms with Gasteiger partial charge in [-0.15, -0.1) is 0 Å². The van der Waals surface area contributed by atoms with Gasteiger partial charge < -0.3 is 14.4 Å². The Hall–Kier alpha value is -1.78. The summed E-state index contributed by atoms with van der Waals surface area (Å²) in [7, 11) is 0. The topological polar surface area (TPSA) is 38.8 Å². The van der Waals surface area contributed by atoms with E-state index in [0.29, 0.717) is 43.4 Å². The number of carbonyl (C=O) groups is 1. The molecule has 4 nitrogen and oxygen atoms in total. The van der Waals surface area contributed by atoms with Crippen molar-refractivity contribution in [1.82, 2.24) is 4.90 Å². The molecule has 0 N–H and O–H groups in total. The minimum atomic E-state index is -0.292. The second-order valence-electron chi connectivity index (χ2n) is 5.22. The lowest BCUT2D eigenvalue weighted by Crippen LogP contribution is -2.39. The molecule has 0 unspecified atom stereocenters. The third kappa shape index (κ3) is 2.44. The Labute approximate surface area is 117 Å². The zero-order chi connectivity index (χ0) is 13.9. The number of amides is 1. The Kier molecular flexibility index (Phi) is 3.76. The lowest BCUT2D eigenvalue weighted by atomic mass is 9.97. The van der Waals surface area contributed by atoms with E-state index in [4.69, 9.17) is 9.47 Å². The maximum Gasteiger partial charge on any atom is 0.257 e. The molecule has 0 radical (unpaired) electrons. The number of halogens is 1. The van der Waals surface area contributed by atoms with Gasteiger partial charge >= 0.3 is 0 Å². The zero-order valence-corrected chi connectivity index (χ0v) is 11.3. The number of nitrogens with zero attached hydrogens (tertiary/aromatic N) is 1. The molecule has 2 aliphatic rings. The summed E-state index contributed by atoms with van der Waals surface area (Å²) in [6.07, 6.45) is 1.46. The molecule has 5 heteroatoms. The third-order valence-corrected chi connectivity index (χ3v) is 3.92. The summed E-state index contributed by atoms with van der Waals surface area (Å²) in [5.41, 5.74) is 0.542. The maximum atomic E-state index is 12.6. The molecule has 2 aliphatic heterocycles. The number of fused-ring (bicyclic) bond motifs is 1. The summed E-state index contributed by atoms with van der Waals surface area (Å²) in [5.74, 6) is 1.21. The highest BCUT2D eigenvalue weighted by molar-refractivity contribution is 5.98. The molecule has 108 valence electrons. The number of carbonyl (C=O) groups excluding carboxylic acids is 1. The van der Waals surface area contributed by atoms with E-state index < -0.39 is 0 Å². The van der Waals surface area contributed by atoms with Crippen LogP contribution in [-0.4, -0.2) is 43.8 Å². The van der Waals surface area contributed by atoms with Crippen LogP contribution in [-0.2, 0) is 0 Å². The van der Waals surface area contributed by atoms with Gasteiger partial charge in [-0.05, 0) is 30.9 Å². The van der Waals surface area contributed by atoms with Crippen LogP contribution >= 0.6 is 0 Å². The van der Waals surface area contributed by atoms with Crippen LogP contribution < -0.4 is 9.47 Å². The minimum Gasteiger partial charge on any atom is -0.486 e. The van der Waals surface area contributed by atoms with Crippen molar-refractivity contribution in [2.45, 2.75) is 12.8 Å². The number of ether oxygens (including phenoxy) is 2. The molecule has 0 aliphatic carbocycles. The smallest absolute Gasteiger partial charge is 0.257 e. The fourth-order valence-corrected chi connectivity index (χ4v) is 2.70. The standard InChI is InChI=1S/C15H18FNO3/c16-10-11-4-6-17(7-5-11)15(18)12-2-1-3-13-14(12)20-9-8-19-13/h1-3,11H,4-10H2. The second-order valence-corrected chi connectivity index (χ2v) is 5.22. The Morgan fingerprint density at radius 1 is 1.25 bits per heavy atom. The van der Waals surface area contributed by atoms with E-state index in [1.807, 2.05) is 0 Å². The average molecular weight is 279 g/mol. The van der Waals surface area contributed by atoms with Crippen LogP contribution in [0.3, 0.4) is 0 Å². The van der Waals surface area contributed by atoms with Gasteiger partial charge in [-0.25, -0.2) is 0 Å². The van der Waals surface area contributed by atoms with Crippen molar-refractivity contribution in [1.29, 1.82) is 0 Å². The minimum absolute atomic E-state index is 0.0512. The Morgan fingerprint density at radius 3 is 2.75 bits per heavy atom. The number of para-hydroxylation sites is 1. The Bertz CT molecular complexity index is 498. The first-order valence-corrected chi connectivity index (χ1v) is 7.03. The first kappa shape index (κ1) is 13.2. The van der Waals surface area contributed by atoms with Gasteiger partial charge in [-0.3, -0.25) is 9.18 Å². The summed E-state index contributed by atoms with van der Waals surface area (Å²) in [5, 5.41) is 0. The number of likely N-dealkylation sites (tertiary alicyclic amines) is 1. The summed E-state index contributed by atoms with van der Waals surface area (Å²) in [4.78, 5) is 14.3. The van der Waals surface area contributed by atoms with Crippen LogP contribution in [0.1, 0.15) is 23.2 Å². The summed E-state index contributed by atoms with van der Waals surface area (Å²) >= 11 is 0. The number of hydrogen-bond donors (Lipinski definition) is 0. The monoisotopic (exact) mass is 279 g/mol. The molecule has 3 rings (SSSR count). The quantitative estimate of drug-likeness (QED) is 0.833. The fraction of sp³-hybridized carbons (Fsp3) is 0.533. The van der Waals surface area contributed by atoms with E-state index in [9.17, 15) is 9.18 Å². The highest BCUT2D eigenvalue weighted by Crippen LogP contribution is 2.34. The Morgan fingerprint density at radius 2 is 2.00 bits per heavy atom. The predicted octanol–water partition coefficient (Wildman–Crippen LogP) is 2.28. The van der Waals surface area contributed by atoms with Crippen LogP contribution in [0.25, 0.3) is 0 Å². The molecule has 1 saturated heterocycles. The van der Waals surface area contributed by atoms with Gasteiger partial charge in [-0.2, -0.15) is 0 Å². The molecular weight excluding hydrogens is 261 g/mol. The highest BCUT2D eigenvalue weighted by atomic mass is 19.1. The van der Waals surface area contributed by atoms with E-state index in [2.05, 4.69) is 0 Å². The van der Waals surface area contributed by atoms with Gasteiger partial charge in [0.25, 0.3) is 5.91 Å². The molecule has 1 aromatic carbocycles. The van der Waals surface area contributed by atoms with Crippen LogP contribution in [0, 0.1) is 5.92 Å². The molecule has 20 heavy (non-hydrogen) atoms. The van der Waals surface area contributed by atoms with E-state index in [0.717, 1.165) is 12.8 Å². The lowest BCUT2D eigenvalue weighted by molar-refractivity contribution is 0.0668. The van der Waals surface area contributed by atoms with Crippen LogP contribution in [0.2, 0.25) is 0 Å². The average Bonchev–Trinajstić information content (AvgIpc) is 2.54. The largest absolute Gasteiger partial charge is 0.486 e. The van der Waals surface area contributed by atoms with Gasteiger partial charge in [0.2, 0.25) is 0 Å². The third-order valence-electron chi connectivity index (χ3n) is 3.92.